The average Bonchev–Trinajstić information content (AvgIpc) is 2.48. The second-order valence-electron chi connectivity index (χ2n) is 3.26. The summed E-state index contributed by atoms with van der Waals surface area (Å²) >= 11 is 0. The van der Waals surface area contributed by atoms with Gasteiger partial charge in [0.15, 0.2) is 0 Å². The van der Waals surface area contributed by atoms with Crippen LogP contribution in [0.3, 0.4) is 0 Å². The average molecular weight is 197 g/mol. The number of carbonyl (C=O) groups excluding carboxylic acids is 1. The SMILES string of the molecule is CCn1cccc1C(C)(O)OC(C)=O. The number of aliphatic hydroxyl groups is 1. The molecule has 0 aliphatic heterocycles. The first-order valence-corrected chi connectivity index (χ1v) is 4.55. The molecule has 1 rings (SSSR count). The van der Waals surface area contributed by atoms with Crippen molar-refractivity contribution in [1.82, 2.24) is 4.57 Å². The Kier molecular flexibility index (Phi) is 2.96. The molecule has 0 radical (unpaired) electrons. The lowest BCUT2D eigenvalue weighted by atomic mass is 10.2. The zero-order valence-electron chi connectivity index (χ0n) is 8.65. The highest BCUT2D eigenvalue weighted by Crippen LogP contribution is 2.22. The van der Waals surface area contributed by atoms with E-state index in [9.17, 15) is 9.90 Å². The molecule has 1 aromatic heterocycles. The zero-order valence-corrected chi connectivity index (χ0v) is 8.65. The van der Waals surface area contributed by atoms with Crippen molar-refractivity contribution in [2.24, 2.45) is 0 Å². The van der Waals surface area contributed by atoms with Crippen molar-refractivity contribution in [3.8, 4) is 0 Å². The van der Waals surface area contributed by atoms with Crippen LogP contribution in [0.15, 0.2) is 18.3 Å². The summed E-state index contributed by atoms with van der Waals surface area (Å²) in [6.07, 6.45) is 1.83. The fraction of sp³-hybridized carbons (Fsp3) is 0.500. The maximum absolute atomic E-state index is 10.8. The van der Waals surface area contributed by atoms with Crippen molar-refractivity contribution >= 4 is 5.97 Å². The molecule has 14 heavy (non-hydrogen) atoms. The number of aromatic nitrogens is 1. The van der Waals surface area contributed by atoms with E-state index >= 15 is 0 Å². The third-order valence-electron chi connectivity index (χ3n) is 1.99. The van der Waals surface area contributed by atoms with Crippen LogP contribution in [-0.4, -0.2) is 15.6 Å². The van der Waals surface area contributed by atoms with E-state index in [-0.39, 0.29) is 0 Å². The number of nitrogens with zero attached hydrogens (tertiary/aromatic N) is 1. The minimum atomic E-state index is -1.55. The summed E-state index contributed by atoms with van der Waals surface area (Å²) in [5.74, 6) is -2.05. The van der Waals surface area contributed by atoms with Crippen molar-refractivity contribution < 1.29 is 14.6 Å². The number of esters is 1. The molecule has 0 saturated carbocycles. The Labute approximate surface area is 83.1 Å². The number of ether oxygens (including phenoxy) is 1. The Morgan fingerprint density at radius 3 is 2.86 bits per heavy atom. The van der Waals surface area contributed by atoms with Gasteiger partial charge in [0.05, 0.1) is 5.69 Å². The van der Waals surface area contributed by atoms with E-state index in [2.05, 4.69) is 0 Å². The summed E-state index contributed by atoms with van der Waals surface area (Å²) in [5.41, 5.74) is 0.579. The molecule has 0 fully saturated rings. The Balaban J connectivity index is 2.96. The van der Waals surface area contributed by atoms with E-state index in [1.165, 1.54) is 13.8 Å². The Morgan fingerprint density at radius 2 is 2.36 bits per heavy atom. The smallest absolute Gasteiger partial charge is 0.305 e. The molecule has 1 N–H and O–H groups in total. The van der Waals surface area contributed by atoms with Crippen LogP contribution in [-0.2, 0) is 21.9 Å². The molecule has 1 heterocycles. The molecular formula is C10H15NO3. The van der Waals surface area contributed by atoms with Crippen LogP contribution in [0.2, 0.25) is 0 Å². The summed E-state index contributed by atoms with van der Waals surface area (Å²) < 4.78 is 6.64. The first-order valence-electron chi connectivity index (χ1n) is 4.55. The van der Waals surface area contributed by atoms with Gasteiger partial charge in [-0.25, -0.2) is 0 Å². The predicted octanol–water partition coefficient (Wildman–Crippen LogP) is 1.24. The van der Waals surface area contributed by atoms with Gasteiger partial charge in [-0.2, -0.15) is 0 Å². The monoisotopic (exact) mass is 197 g/mol. The predicted molar refractivity (Wildman–Crippen MR) is 51.4 cm³/mol. The quantitative estimate of drug-likeness (QED) is 0.585. The molecule has 0 aliphatic carbocycles. The number of hydrogen-bond donors (Lipinski definition) is 1. The van der Waals surface area contributed by atoms with Gasteiger partial charge in [0, 0.05) is 26.6 Å². The largest absolute Gasteiger partial charge is 0.428 e. The van der Waals surface area contributed by atoms with Gasteiger partial charge in [-0.05, 0) is 19.1 Å². The van der Waals surface area contributed by atoms with Crippen LogP contribution in [0.1, 0.15) is 26.5 Å². The van der Waals surface area contributed by atoms with Gasteiger partial charge in [0.25, 0.3) is 0 Å². The lowest BCUT2D eigenvalue weighted by Crippen LogP contribution is -2.30. The summed E-state index contributed by atoms with van der Waals surface area (Å²) in [6.45, 7) is 5.40. The van der Waals surface area contributed by atoms with E-state index in [1.54, 1.807) is 12.1 Å². The third kappa shape index (κ3) is 2.14. The van der Waals surface area contributed by atoms with Crippen LogP contribution in [0.4, 0.5) is 0 Å². The second kappa shape index (κ2) is 3.84. The highest BCUT2D eigenvalue weighted by molar-refractivity contribution is 5.66. The second-order valence-corrected chi connectivity index (χ2v) is 3.26. The Bertz CT molecular complexity index is 328. The van der Waals surface area contributed by atoms with Crippen molar-refractivity contribution in [2.75, 3.05) is 0 Å². The summed E-state index contributed by atoms with van der Waals surface area (Å²) in [6, 6.07) is 3.53. The molecule has 1 aromatic rings. The molecule has 1 unspecified atom stereocenters. The van der Waals surface area contributed by atoms with Gasteiger partial charge < -0.3 is 14.4 Å². The van der Waals surface area contributed by atoms with E-state index in [0.717, 1.165) is 6.54 Å². The van der Waals surface area contributed by atoms with E-state index in [1.807, 2.05) is 17.7 Å². The van der Waals surface area contributed by atoms with Crippen LogP contribution < -0.4 is 0 Å². The lowest BCUT2D eigenvalue weighted by molar-refractivity contribution is -0.207. The molecule has 0 bridgehead atoms. The number of hydrogen-bond acceptors (Lipinski definition) is 3. The van der Waals surface area contributed by atoms with Gasteiger partial charge in [-0.15, -0.1) is 0 Å². The normalized spacial score (nSPS) is 14.9. The fourth-order valence-corrected chi connectivity index (χ4v) is 1.44. The van der Waals surface area contributed by atoms with Crippen LogP contribution >= 0.6 is 0 Å². The zero-order chi connectivity index (χ0) is 10.8. The summed E-state index contributed by atoms with van der Waals surface area (Å²) in [5, 5.41) is 9.89. The number of aryl methyl sites for hydroxylation is 1. The summed E-state index contributed by atoms with van der Waals surface area (Å²) in [4.78, 5) is 10.8. The number of rotatable bonds is 3. The summed E-state index contributed by atoms with van der Waals surface area (Å²) in [7, 11) is 0. The van der Waals surface area contributed by atoms with Crippen LogP contribution in [0.25, 0.3) is 0 Å². The molecular weight excluding hydrogens is 182 g/mol. The van der Waals surface area contributed by atoms with Crippen molar-refractivity contribution in [1.29, 1.82) is 0 Å². The molecule has 0 aromatic carbocycles. The molecule has 0 spiro atoms. The van der Waals surface area contributed by atoms with Gasteiger partial charge in [0.2, 0.25) is 5.79 Å². The minimum Gasteiger partial charge on any atom is -0.428 e. The van der Waals surface area contributed by atoms with Gasteiger partial charge in [0.1, 0.15) is 0 Å². The molecule has 0 amide bonds. The Morgan fingerprint density at radius 1 is 1.71 bits per heavy atom. The topological polar surface area (TPSA) is 51.5 Å². The minimum absolute atomic E-state index is 0.501. The molecule has 78 valence electrons. The van der Waals surface area contributed by atoms with E-state index in [0.29, 0.717) is 5.69 Å². The third-order valence-corrected chi connectivity index (χ3v) is 1.99. The highest BCUT2D eigenvalue weighted by Gasteiger charge is 2.29. The van der Waals surface area contributed by atoms with Crippen molar-refractivity contribution in [3.63, 3.8) is 0 Å². The Hall–Kier alpha value is -1.29. The van der Waals surface area contributed by atoms with Gasteiger partial charge in [-0.3, -0.25) is 4.79 Å². The first-order chi connectivity index (χ1) is 6.47. The van der Waals surface area contributed by atoms with E-state index in [4.69, 9.17) is 4.74 Å². The molecule has 4 heteroatoms. The lowest BCUT2D eigenvalue weighted by Gasteiger charge is -2.24. The molecule has 1 atom stereocenters. The first kappa shape index (κ1) is 10.8. The number of carbonyl (C=O) groups is 1. The fourth-order valence-electron chi connectivity index (χ4n) is 1.44. The van der Waals surface area contributed by atoms with Crippen LogP contribution in [0.5, 0.6) is 0 Å². The maximum atomic E-state index is 10.8. The van der Waals surface area contributed by atoms with Crippen LogP contribution in [0, 0.1) is 0 Å². The van der Waals surface area contributed by atoms with E-state index < -0.39 is 11.8 Å². The molecule has 4 nitrogen and oxygen atoms in total. The highest BCUT2D eigenvalue weighted by atomic mass is 16.7. The standard InChI is InChI=1S/C10H15NO3/c1-4-11-7-5-6-9(11)10(3,13)14-8(2)12/h5-7,13H,4H2,1-3H3. The molecule has 0 saturated heterocycles. The van der Waals surface area contributed by atoms with Gasteiger partial charge in [-0.1, -0.05) is 0 Å². The van der Waals surface area contributed by atoms with Gasteiger partial charge >= 0.3 is 5.97 Å². The molecule has 0 aliphatic rings. The van der Waals surface area contributed by atoms with Crippen molar-refractivity contribution in [3.05, 3.63) is 24.0 Å². The maximum Gasteiger partial charge on any atom is 0.305 e. The van der Waals surface area contributed by atoms with Crippen molar-refractivity contribution in [2.45, 2.75) is 33.1 Å².